The highest BCUT2D eigenvalue weighted by Gasteiger charge is 2.16. The molecular formula is C23H22ClFN4O2. The van der Waals surface area contributed by atoms with E-state index in [1.807, 2.05) is 6.92 Å². The van der Waals surface area contributed by atoms with E-state index in [2.05, 4.69) is 27.2 Å². The first kappa shape index (κ1) is 22.4. The van der Waals surface area contributed by atoms with Crippen molar-refractivity contribution in [1.29, 1.82) is 0 Å². The molecule has 1 aromatic carbocycles. The minimum Gasteiger partial charge on any atom is -0.392 e. The van der Waals surface area contributed by atoms with Crippen molar-refractivity contribution >= 4 is 34.5 Å². The Bertz CT molecular complexity index is 1130. The maximum atomic E-state index is 14.4. The minimum absolute atomic E-state index is 0.109. The van der Waals surface area contributed by atoms with Crippen molar-refractivity contribution in [3.8, 4) is 11.3 Å². The van der Waals surface area contributed by atoms with Crippen molar-refractivity contribution in [2.75, 3.05) is 11.9 Å². The SMILES string of the molecule is C=C(C)c1cnc(-c2cc(Cl)ccc2F)cc1Nc1ccncc1C(=O)NCC(C)O. The summed E-state index contributed by atoms with van der Waals surface area (Å²) >= 11 is 6.03. The van der Waals surface area contributed by atoms with Crippen molar-refractivity contribution < 1.29 is 14.3 Å². The van der Waals surface area contributed by atoms with Crippen LogP contribution < -0.4 is 10.6 Å². The number of allylic oxidation sites excluding steroid dienone is 1. The Labute approximate surface area is 184 Å². The van der Waals surface area contributed by atoms with E-state index < -0.39 is 11.9 Å². The second-order valence-electron chi connectivity index (χ2n) is 7.12. The molecule has 2 heterocycles. The molecule has 1 amide bonds. The standard InChI is InChI=1S/C23H22ClFN4O2/c1-13(2)17-12-27-21(16-8-15(24)4-5-19(16)25)9-22(17)29-20-6-7-26-11-18(20)23(31)28-10-14(3)30/h4-9,11-12,14,30H,1,10H2,2-3H3,(H,28,31)(H,26,27,29). The Morgan fingerprint density at radius 3 is 2.71 bits per heavy atom. The quantitative estimate of drug-likeness (QED) is 0.490. The van der Waals surface area contributed by atoms with E-state index in [0.29, 0.717) is 33.2 Å². The molecule has 6 nitrogen and oxygen atoms in total. The van der Waals surface area contributed by atoms with Gasteiger partial charge in [0, 0.05) is 47.0 Å². The number of pyridine rings is 2. The zero-order chi connectivity index (χ0) is 22.5. The van der Waals surface area contributed by atoms with E-state index in [4.69, 9.17) is 11.6 Å². The van der Waals surface area contributed by atoms with Gasteiger partial charge in [0.05, 0.1) is 23.0 Å². The highest BCUT2D eigenvalue weighted by atomic mass is 35.5. The molecule has 0 aliphatic heterocycles. The molecule has 0 aliphatic rings. The lowest BCUT2D eigenvalue weighted by Gasteiger charge is -2.16. The summed E-state index contributed by atoms with van der Waals surface area (Å²) in [6.45, 7) is 7.48. The highest BCUT2D eigenvalue weighted by Crippen LogP contribution is 2.32. The Morgan fingerprint density at radius 1 is 1.23 bits per heavy atom. The molecule has 0 aliphatic carbocycles. The first-order valence-corrected chi connectivity index (χ1v) is 9.92. The third-order valence-electron chi connectivity index (χ3n) is 4.46. The molecule has 160 valence electrons. The van der Waals surface area contributed by atoms with Gasteiger partial charge in [0.15, 0.2) is 0 Å². The van der Waals surface area contributed by atoms with Gasteiger partial charge in [-0.1, -0.05) is 18.2 Å². The molecule has 0 spiro atoms. The average molecular weight is 441 g/mol. The predicted octanol–water partition coefficient (Wildman–Crippen LogP) is 4.82. The second kappa shape index (κ2) is 9.68. The van der Waals surface area contributed by atoms with Crippen LogP contribution in [-0.4, -0.2) is 33.6 Å². The number of halogens is 2. The molecule has 0 saturated carbocycles. The first-order chi connectivity index (χ1) is 14.8. The van der Waals surface area contributed by atoms with Gasteiger partial charge in [0.1, 0.15) is 5.82 Å². The summed E-state index contributed by atoms with van der Waals surface area (Å²) in [5.41, 5.74) is 3.45. The summed E-state index contributed by atoms with van der Waals surface area (Å²) < 4.78 is 14.4. The number of aliphatic hydroxyl groups is 1. The van der Waals surface area contributed by atoms with Gasteiger partial charge >= 0.3 is 0 Å². The summed E-state index contributed by atoms with van der Waals surface area (Å²) in [7, 11) is 0. The van der Waals surface area contributed by atoms with E-state index in [9.17, 15) is 14.3 Å². The van der Waals surface area contributed by atoms with Gasteiger partial charge in [-0.2, -0.15) is 0 Å². The molecule has 1 atom stereocenters. The first-order valence-electron chi connectivity index (χ1n) is 9.55. The maximum Gasteiger partial charge on any atom is 0.255 e. The number of aliphatic hydroxyl groups excluding tert-OH is 1. The van der Waals surface area contributed by atoms with Crippen molar-refractivity contribution in [3.05, 3.63) is 77.5 Å². The number of amides is 1. The van der Waals surface area contributed by atoms with E-state index in [-0.39, 0.29) is 18.0 Å². The van der Waals surface area contributed by atoms with Gasteiger partial charge < -0.3 is 15.7 Å². The summed E-state index contributed by atoms with van der Waals surface area (Å²) in [5, 5.41) is 15.7. The van der Waals surface area contributed by atoms with E-state index in [1.165, 1.54) is 24.4 Å². The zero-order valence-electron chi connectivity index (χ0n) is 17.1. The molecule has 3 aromatic rings. The summed E-state index contributed by atoms with van der Waals surface area (Å²) in [4.78, 5) is 20.9. The van der Waals surface area contributed by atoms with Crippen molar-refractivity contribution in [1.82, 2.24) is 15.3 Å². The highest BCUT2D eigenvalue weighted by molar-refractivity contribution is 6.30. The van der Waals surface area contributed by atoms with Gasteiger partial charge in [-0.15, -0.1) is 0 Å². The Morgan fingerprint density at radius 2 is 2.00 bits per heavy atom. The van der Waals surface area contributed by atoms with E-state index >= 15 is 0 Å². The van der Waals surface area contributed by atoms with Crippen LogP contribution in [0.5, 0.6) is 0 Å². The molecule has 31 heavy (non-hydrogen) atoms. The smallest absolute Gasteiger partial charge is 0.255 e. The normalized spacial score (nSPS) is 11.6. The number of benzene rings is 1. The van der Waals surface area contributed by atoms with Crippen LogP contribution in [-0.2, 0) is 0 Å². The molecule has 3 N–H and O–H groups in total. The number of nitrogens with zero attached hydrogens (tertiary/aromatic N) is 2. The van der Waals surface area contributed by atoms with Gasteiger partial charge in [0.2, 0.25) is 0 Å². The lowest BCUT2D eigenvalue weighted by atomic mass is 10.0. The molecule has 8 heteroatoms. The Kier molecular flexibility index (Phi) is 6.99. The fraction of sp³-hybridized carbons (Fsp3) is 0.174. The van der Waals surface area contributed by atoms with Crippen LogP contribution in [0.15, 0.2) is 55.5 Å². The molecule has 2 aromatic heterocycles. The van der Waals surface area contributed by atoms with Gasteiger partial charge in [0.25, 0.3) is 5.91 Å². The minimum atomic E-state index is -0.678. The second-order valence-corrected chi connectivity index (χ2v) is 7.56. The number of carbonyl (C=O) groups is 1. The van der Waals surface area contributed by atoms with Crippen LogP contribution in [0.25, 0.3) is 16.8 Å². The van der Waals surface area contributed by atoms with Crippen LogP contribution in [0, 0.1) is 5.82 Å². The van der Waals surface area contributed by atoms with Crippen LogP contribution in [0.4, 0.5) is 15.8 Å². The monoisotopic (exact) mass is 440 g/mol. The topological polar surface area (TPSA) is 87.1 Å². The van der Waals surface area contributed by atoms with Crippen molar-refractivity contribution in [3.63, 3.8) is 0 Å². The molecular weight excluding hydrogens is 419 g/mol. The molecule has 0 bridgehead atoms. The summed E-state index contributed by atoms with van der Waals surface area (Å²) in [6, 6.07) is 7.59. The van der Waals surface area contributed by atoms with Gasteiger partial charge in [-0.3, -0.25) is 14.8 Å². The molecule has 1 unspecified atom stereocenters. The van der Waals surface area contributed by atoms with Crippen LogP contribution in [0.3, 0.4) is 0 Å². The molecule has 0 fully saturated rings. The number of nitrogens with one attached hydrogen (secondary N) is 2. The summed E-state index contributed by atoms with van der Waals surface area (Å²) in [5.74, 6) is -0.837. The molecule has 0 radical (unpaired) electrons. The van der Waals surface area contributed by atoms with Crippen LogP contribution in [0.2, 0.25) is 5.02 Å². The van der Waals surface area contributed by atoms with Crippen LogP contribution in [0.1, 0.15) is 29.8 Å². The molecule has 3 rings (SSSR count). The predicted molar refractivity (Wildman–Crippen MR) is 121 cm³/mol. The number of anilines is 2. The largest absolute Gasteiger partial charge is 0.392 e. The Balaban J connectivity index is 2.02. The lowest BCUT2D eigenvalue weighted by molar-refractivity contribution is 0.0924. The van der Waals surface area contributed by atoms with Crippen molar-refractivity contribution in [2.24, 2.45) is 0 Å². The van der Waals surface area contributed by atoms with Gasteiger partial charge in [-0.25, -0.2) is 4.39 Å². The number of carbonyl (C=O) groups excluding carboxylic acids is 1. The van der Waals surface area contributed by atoms with Crippen molar-refractivity contribution in [2.45, 2.75) is 20.0 Å². The number of rotatable bonds is 7. The fourth-order valence-corrected chi connectivity index (χ4v) is 3.08. The molecule has 0 saturated heterocycles. The van der Waals surface area contributed by atoms with Crippen LogP contribution >= 0.6 is 11.6 Å². The fourth-order valence-electron chi connectivity index (χ4n) is 2.91. The number of hydrogen-bond donors (Lipinski definition) is 3. The van der Waals surface area contributed by atoms with Gasteiger partial charge in [-0.05, 0) is 49.8 Å². The zero-order valence-corrected chi connectivity index (χ0v) is 17.9. The van der Waals surface area contributed by atoms with E-state index in [0.717, 1.165) is 5.57 Å². The number of hydrogen-bond acceptors (Lipinski definition) is 5. The number of aromatic nitrogens is 2. The lowest BCUT2D eigenvalue weighted by Crippen LogP contribution is -2.31. The van der Waals surface area contributed by atoms with E-state index in [1.54, 1.807) is 31.5 Å². The third-order valence-corrected chi connectivity index (χ3v) is 4.70. The Hall–Kier alpha value is -3.29. The maximum absolute atomic E-state index is 14.4. The average Bonchev–Trinajstić information content (AvgIpc) is 2.74. The summed E-state index contributed by atoms with van der Waals surface area (Å²) in [6.07, 6.45) is 3.89. The third kappa shape index (κ3) is 5.45.